The highest BCUT2D eigenvalue weighted by Crippen LogP contribution is 2.29. The molecule has 1 fully saturated rings. The molecule has 33 heavy (non-hydrogen) atoms. The van der Waals surface area contributed by atoms with Gasteiger partial charge in [0.15, 0.2) is 11.9 Å². The second-order valence-corrected chi connectivity index (χ2v) is 10.6. The van der Waals surface area contributed by atoms with Crippen LogP contribution in [0.3, 0.4) is 0 Å². The first-order valence-corrected chi connectivity index (χ1v) is 13.2. The largest absolute Gasteiger partial charge is 0.482 e. The van der Waals surface area contributed by atoms with Gasteiger partial charge in [-0.3, -0.25) is 9.69 Å². The predicted molar refractivity (Wildman–Crippen MR) is 124 cm³/mol. The molecule has 1 aromatic carbocycles. The highest BCUT2D eigenvalue weighted by molar-refractivity contribution is 7.88. The molecule has 3 heterocycles. The average molecular weight is 474 g/mol. The lowest BCUT2D eigenvalue weighted by Crippen LogP contribution is -2.48. The number of aryl methyl sites for hydroxylation is 1. The first kappa shape index (κ1) is 23.6. The molecule has 1 atom stereocenters. The second kappa shape index (κ2) is 10.1. The van der Waals surface area contributed by atoms with Crippen LogP contribution < -0.4 is 10.1 Å². The number of hydrogen-bond donors (Lipinski definition) is 1. The number of amides is 1. The maximum absolute atomic E-state index is 11.9. The molecule has 0 bridgehead atoms. The summed E-state index contributed by atoms with van der Waals surface area (Å²) in [5.74, 6) is 1.38. The molecule has 1 N–H and O–H groups in total. The zero-order valence-corrected chi connectivity index (χ0v) is 20.0. The van der Waals surface area contributed by atoms with Gasteiger partial charge in [-0.05, 0) is 41.7 Å². The highest BCUT2D eigenvalue weighted by atomic mass is 32.2. The standard InChI is InChI=1S/C23H31N5O4S/c1-3-17-13-25-23(26-14-17)21(7-9-27-11-8-24-22(29)16-27)32-20-5-4-19-15-28(33(2,30)31)10-6-18(19)12-20/h4-5,12-14,21H,3,6-11,15-16H2,1-2H3,(H,24,29). The van der Waals surface area contributed by atoms with E-state index in [2.05, 4.69) is 27.1 Å². The molecule has 10 heteroatoms. The summed E-state index contributed by atoms with van der Waals surface area (Å²) in [7, 11) is -3.21. The molecule has 0 saturated carbocycles. The summed E-state index contributed by atoms with van der Waals surface area (Å²) < 4.78 is 31.6. The highest BCUT2D eigenvalue weighted by Gasteiger charge is 2.25. The number of ether oxygens (including phenoxy) is 1. The van der Waals surface area contributed by atoms with Gasteiger partial charge in [0.25, 0.3) is 0 Å². The smallest absolute Gasteiger partial charge is 0.234 e. The van der Waals surface area contributed by atoms with Crippen molar-refractivity contribution in [1.82, 2.24) is 24.5 Å². The van der Waals surface area contributed by atoms with Gasteiger partial charge in [0.2, 0.25) is 15.9 Å². The number of carbonyl (C=O) groups excluding carboxylic acids is 1. The maximum atomic E-state index is 11.9. The Morgan fingerprint density at radius 3 is 2.64 bits per heavy atom. The Morgan fingerprint density at radius 1 is 1.15 bits per heavy atom. The molecule has 2 aromatic rings. The zero-order valence-electron chi connectivity index (χ0n) is 19.2. The van der Waals surface area contributed by atoms with E-state index in [9.17, 15) is 13.2 Å². The number of rotatable bonds is 8. The summed E-state index contributed by atoms with van der Waals surface area (Å²) in [6, 6.07) is 5.82. The topological polar surface area (TPSA) is 105 Å². The van der Waals surface area contributed by atoms with Crippen LogP contribution in [0, 0.1) is 0 Å². The van der Waals surface area contributed by atoms with Crippen molar-refractivity contribution in [3.8, 4) is 5.75 Å². The van der Waals surface area contributed by atoms with Crippen LogP contribution in [0.4, 0.5) is 0 Å². The molecule has 2 aliphatic rings. The normalized spacial score (nSPS) is 18.4. The lowest BCUT2D eigenvalue weighted by atomic mass is 10.0. The third kappa shape index (κ3) is 6.07. The fourth-order valence-electron chi connectivity index (χ4n) is 4.16. The minimum absolute atomic E-state index is 0.0418. The van der Waals surface area contributed by atoms with Gasteiger partial charge >= 0.3 is 0 Å². The van der Waals surface area contributed by atoms with Gasteiger partial charge in [-0.25, -0.2) is 18.4 Å². The van der Waals surface area contributed by atoms with Gasteiger partial charge in [-0.2, -0.15) is 4.31 Å². The number of hydrogen-bond acceptors (Lipinski definition) is 7. The molecule has 0 radical (unpaired) electrons. The lowest BCUT2D eigenvalue weighted by Gasteiger charge is -2.29. The van der Waals surface area contributed by atoms with Crippen molar-refractivity contribution in [2.75, 3.05) is 39.0 Å². The van der Waals surface area contributed by atoms with E-state index >= 15 is 0 Å². The fraction of sp³-hybridized carbons (Fsp3) is 0.522. The molecular formula is C23H31N5O4S. The van der Waals surface area contributed by atoms with E-state index in [-0.39, 0.29) is 12.0 Å². The molecule has 1 aromatic heterocycles. The third-order valence-electron chi connectivity index (χ3n) is 6.15. The summed E-state index contributed by atoms with van der Waals surface area (Å²) in [4.78, 5) is 22.9. The molecule has 0 aliphatic carbocycles. The van der Waals surface area contributed by atoms with Crippen molar-refractivity contribution in [2.24, 2.45) is 0 Å². The Morgan fingerprint density at radius 2 is 1.94 bits per heavy atom. The van der Waals surface area contributed by atoms with Crippen molar-refractivity contribution in [3.05, 3.63) is 53.1 Å². The monoisotopic (exact) mass is 473 g/mol. The fourth-order valence-corrected chi connectivity index (χ4v) is 4.96. The number of benzene rings is 1. The van der Waals surface area contributed by atoms with E-state index in [4.69, 9.17) is 4.74 Å². The predicted octanol–water partition coefficient (Wildman–Crippen LogP) is 1.30. The maximum Gasteiger partial charge on any atom is 0.234 e. The van der Waals surface area contributed by atoms with Gasteiger partial charge in [-0.1, -0.05) is 13.0 Å². The molecular weight excluding hydrogens is 442 g/mol. The van der Waals surface area contributed by atoms with Gasteiger partial charge in [0, 0.05) is 51.5 Å². The minimum atomic E-state index is -3.21. The van der Waals surface area contributed by atoms with Crippen molar-refractivity contribution >= 4 is 15.9 Å². The Kier molecular flexibility index (Phi) is 7.26. The number of fused-ring (bicyclic) bond motifs is 1. The lowest BCUT2D eigenvalue weighted by molar-refractivity contribution is -0.124. The molecule has 1 amide bonds. The second-order valence-electron chi connectivity index (χ2n) is 8.60. The van der Waals surface area contributed by atoms with Crippen LogP contribution in [0.15, 0.2) is 30.6 Å². The number of piperazine rings is 1. The van der Waals surface area contributed by atoms with Gasteiger partial charge in [-0.15, -0.1) is 0 Å². The van der Waals surface area contributed by atoms with Crippen molar-refractivity contribution in [1.29, 1.82) is 0 Å². The Bertz CT molecular complexity index is 1090. The summed E-state index contributed by atoms with van der Waals surface area (Å²) in [6.45, 7) is 5.47. The van der Waals surface area contributed by atoms with Gasteiger partial charge in [0.05, 0.1) is 12.8 Å². The SMILES string of the molecule is CCc1cnc(C(CCN2CCNC(=O)C2)Oc2ccc3c(c2)CCN(S(C)(=O)=O)C3)nc1. The van der Waals surface area contributed by atoms with Crippen LogP contribution in [-0.2, 0) is 34.2 Å². The van der Waals surface area contributed by atoms with Crippen molar-refractivity contribution in [3.63, 3.8) is 0 Å². The van der Waals surface area contributed by atoms with Crippen LogP contribution >= 0.6 is 0 Å². The molecule has 0 spiro atoms. The quantitative estimate of drug-likeness (QED) is 0.616. The van der Waals surface area contributed by atoms with E-state index in [0.717, 1.165) is 29.7 Å². The van der Waals surface area contributed by atoms with Crippen LogP contribution in [0.2, 0.25) is 0 Å². The van der Waals surface area contributed by atoms with Crippen LogP contribution in [0.5, 0.6) is 5.75 Å². The summed E-state index contributed by atoms with van der Waals surface area (Å²) >= 11 is 0. The molecule has 9 nitrogen and oxygen atoms in total. The first-order valence-electron chi connectivity index (χ1n) is 11.4. The van der Waals surface area contributed by atoms with Crippen molar-refractivity contribution in [2.45, 2.75) is 38.8 Å². The van der Waals surface area contributed by atoms with E-state index in [1.807, 2.05) is 30.6 Å². The van der Waals surface area contributed by atoms with Crippen LogP contribution in [-0.4, -0.2) is 72.5 Å². The number of carbonyl (C=O) groups is 1. The Balaban J connectivity index is 1.50. The molecule has 1 unspecified atom stereocenters. The number of aromatic nitrogens is 2. The Hall–Kier alpha value is -2.56. The number of nitrogens with one attached hydrogen (secondary N) is 1. The molecule has 4 rings (SSSR count). The first-order chi connectivity index (χ1) is 15.8. The zero-order chi connectivity index (χ0) is 23.4. The van der Waals surface area contributed by atoms with Crippen molar-refractivity contribution < 1.29 is 17.9 Å². The average Bonchev–Trinajstić information content (AvgIpc) is 2.81. The van der Waals surface area contributed by atoms with Crippen LogP contribution in [0.25, 0.3) is 0 Å². The van der Waals surface area contributed by atoms with Crippen LogP contribution in [0.1, 0.15) is 42.0 Å². The molecule has 178 valence electrons. The van der Waals surface area contributed by atoms with E-state index in [1.54, 1.807) is 0 Å². The summed E-state index contributed by atoms with van der Waals surface area (Å²) in [6.07, 6.45) is 6.72. The summed E-state index contributed by atoms with van der Waals surface area (Å²) in [5, 5.41) is 2.85. The molecule has 1 saturated heterocycles. The van der Waals surface area contributed by atoms with E-state index < -0.39 is 10.0 Å². The number of sulfonamides is 1. The van der Waals surface area contributed by atoms with E-state index in [1.165, 1.54) is 10.6 Å². The van der Waals surface area contributed by atoms with Gasteiger partial charge in [0.1, 0.15) is 5.75 Å². The van der Waals surface area contributed by atoms with E-state index in [0.29, 0.717) is 57.1 Å². The molecule has 2 aliphatic heterocycles. The van der Waals surface area contributed by atoms with Gasteiger partial charge < -0.3 is 10.1 Å². The Labute approximate surface area is 195 Å². The number of nitrogens with zero attached hydrogens (tertiary/aromatic N) is 4. The summed E-state index contributed by atoms with van der Waals surface area (Å²) in [5.41, 5.74) is 3.16. The third-order valence-corrected chi connectivity index (χ3v) is 7.40. The minimum Gasteiger partial charge on any atom is -0.482 e.